The van der Waals surface area contributed by atoms with Crippen molar-refractivity contribution in [3.63, 3.8) is 0 Å². The summed E-state index contributed by atoms with van der Waals surface area (Å²) in [4.78, 5) is 4.18. The molecule has 5 rings (SSSR count). The van der Waals surface area contributed by atoms with Gasteiger partial charge in [-0.05, 0) is 41.6 Å². The van der Waals surface area contributed by atoms with Gasteiger partial charge in [-0.2, -0.15) is 0 Å². The molecule has 0 N–H and O–H groups in total. The van der Waals surface area contributed by atoms with Crippen LogP contribution in [0.25, 0.3) is 39.0 Å². The number of hydrogen-bond donors (Lipinski definition) is 0. The Morgan fingerprint density at radius 3 is 2.43 bits per heavy atom. The van der Waals surface area contributed by atoms with Gasteiger partial charge in [-0.15, -0.1) is 45.3 Å². The molecule has 23 heavy (non-hydrogen) atoms. The van der Waals surface area contributed by atoms with Gasteiger partial charge in [0.15, 0.2) is 0 Å². The van der Waals surface area contributed by atoms with Crippen LogP contribution in [0.15, 0.2) is 53.9 Å². The Balaban J connectivity index is 1.65. The Bertz CT molecular complexity index is 1120. The van der Waals surface area contributed by atoms with Gasteiger partial charge >= 0.3 is 0 Å². The number of thiophene rings is 4. The summed E-state index contributed by atoms with van der Waals surface area (Å²) < 4.78 is 5.77. The summed E-state index contributed by atoms with van der Waals surface area (Å²) in [6, 6.07) is 17.7. The van der Waals surface area contributed by atoms with E-state index in [2.05, 4.69) is 60.8 Å². The van der Waals surface area contributed by atoms with Gasteiger partial charge in [0, 0.05) is 24.0 Å². The summed E-state index contributed by atoms with van der Waals surface area (Å²) in [6.45, 7) is 2.22. The first-order valence-electron chi connectivity index (χ1n) is 7.35. The molecule has 0 fully saturated rings. The average molecular weight is 369 g/mol. The standard InChI is InChI=1S/C19H12S4/c1-11-9-14(22-17(11)12-5-3-2-4-6-12)15-10-16-19(23-15)18-13(21-16)7-8-20-18/h2-10H,1H3. The van der Waals surface area contributed by atoms with Crippen LogP contribution in [0.4, 0.5) is 0 Å². The summed E-state index contributed by atoms with van der Waals surface area (Å²) in [6.07, 6.45) is 0. The second-order valence-electron chi connectivity index (χ2n) is 5.51. The Kier molecular flexibility index (Phi) is 3.20. The summed E-state index contributed by atoms with van der Waals surface area (Å²) in [7, 11) is 0. The molecule has 1 aromatic carbocycles. The highest BCUT2D eigenvalue weighted by Gasteiger charge is 2.15. The van der Waals surface area contributed by atoms with Crippen LogP contribution in [0.2, 0.25) is 0 Å². The molecule has 0 spiro atoms. The minimum Gasteiger partial charge on any atom is -0.141 e. The van der Waals surface area contributed by atoms with Gasteiger partial charge in [-0.1, -0.05) is 30.3 Å². The molecule has 0 bridgehead atoms. The zero-order valence-corrected chi connectivity index (χ0v) is 15.6. The maximum Gasteiger partial charge on any atom is 0.0636 e. The number of fused-ring (bicyclic) bond motifs is 3. The van der Waals surface area contributed by atoms with Crippen LogP contribution in [-0.2, 0) is 0 Å². The molecular formula is C19H12S4. The fourth-order valence-electron chi connectivity index (χ4n) is 2.87. The zero-order valence-electron chi connectivity index (χ0n) is 12.3. The number of rotatable bonds is 2. The lowest BCUT2D eigenvalue weighted by Crippen LogP contribution is -1.72. The maximum absolute atomic E-state index is 2.37. The van der Waals surface area contributed by atoms with Crippen LogP contribution in [0.5, 0.6) is 0 Å². The third kappa shape index (κ3) is 2.21. The monoisotopic (exact) mass is 368 g/mol. The fraction of sp³-hybridized carbons (Fsp3) is 0.0526. The van der Waals surface area contributed by atoms with E-state index in [1.54, 1.807) is 0 Å². The molecule has 0 aliphatic rings. The number of benzene rings is 1. The summed E-state index contributed by atoms with van der Waals surface area (Å²) in [5, 5.41) is 2.20. The topological polar surface area (TPSA) is 0 Å². The molecule has 112 valence electrons. The first kappa shape index (κ1) is 13.9. The zero-order chi connectivity index (χ0) is 15.4. The van der Waals surface area contributed by atoms with Gasteiger partial charge in [0.2, 0.25) is 0 Å². The summed E-state index contributed by atoms with van der Waals surface area (Å²) in [5.74, 6) is 0. The maximum atomic E-state index is 2.37. The number of aryl methyl sites for hydroxylation is 1. The third-order valence-corrected chi connectivity index (χ3v) is 9.01. The van der Waals surface area contributed by atoms with Crippen LogP contribution in [0.3, 0.4) is 0 Å². The van der Waals surface area contributed by atoms with E-state index in [-0.39, 0.29) is 0 Å². The van der Waals surface area contributed by atoms with E-state index in [1.165, 1.54) is 44.6 Å². The van der Waals surface area contributed by atoms with Crippen molar-refractivity contribution in [2.24, 2.45) is 0 Å². The molecule has 0 unspecified atom stereocenters. The molecule has 0 aliphatic carbocycles. The molecule has 4 heteroatoms. The van der Waals surface area contributed by atoms with E-state index in [0.717, 1.165) is 0 Å². The van der Waals surface area contributed by atoms with Gasteiger partial charge in [-0.25, -0.2) is 0 Å². The first-order valence-corrected chi connectivity index (χ1v) is 10.7. The van der Waals surface area contributed by atoms with Gasteiger partial charge in [0.25, 0.3) is 0 Å². The SMILES string of the molecule is Cc1cc(-c2cc3sc4ccsc4c3s2)sc1-c1ccccc1. The molecule has 0 aliphatic heterocycles. The average Bonchev–Trinajstić information content (AvgIpc) is 3.28. The third-order valence-electron chi connectivity index (χ3n) is 3.95. The Morgan fingerprint density at radius 1 is 0.739 bits per heavy atom. The molecule has 0 saturated heterocycles. The molecule has 0 radical (unpaired) electrons. The van der Waals surface area contributed by atoms with Crippen molar-refractivity contribution in [3.8, 4) is 20.2 Å². The predicted octanol–water partition coefficient (Wildman–Crippen LogP) is 7.88. The number of hydrogen-bond acceptors (Lipinski definition) is 4. The highest BCUT2D eigenvalue weighted by Crippen LogP contribution is 2.47. The highest BCUT2D eigenvalue weighted by molar-refractivity contribution is 7.39. The minimum atomic E-state index is 1.32. The van der Waals surface area contributed by atoms with Crippen LogP contribution in [0, 0.1) is 6.92 Å². The van der Waals surface area contributed by atoms with E-state index in [1.807, 2.05) is 45.3 Å². The van der Waals surface area contributed by atoms with Crippen molar-refractivity contribution in [1.29, 1.82) is 0 Å². The molecule has 0 amide bonds. The summed E-state index contributed by atoms with van der Waals surface area (Å²) in [5.41, 5.74) is 2.69. The van der Waals surface area contributed by atoms with E-state index in [0.29, 0.717) is 0 Å². The van der Waals surface area contributed by atoms with Crippen LogP contribution >= 0.6 is 45.3 Å². The molecule has 4 heterocycles. The lowest BCUT2D eigenvalue weighted by Gasteiger charge is -1.97. The van der Waals surface area contributed by atoms with Crippen molar-refractivity contribution < 1.29 is 0 Å². The molecule has 0 atom stereocenters. The van der Waals surface area contributed by atoms with Gasteiger partial charge in [0.1, 0.15) is 0 Å². The Morgan fingerprint density at radius 2 is 1.57 bits per heavy atom. The van der Waals surface area contributed by atoms with Gasteiger partial charge in [-0.3, -0.25) is 0 Å². The lowest BCUT2D eigenvalue weighted by atomic mass is 10.1. The molecule has 0 saturated carbocycles. The van der Waals surface area contributed by atoms with E-state index < -0.39 is 0 Å². The van der Waals surface area contributed by atoms with Crippen molar-refractivity contribution in [1.82, 2.24) is 0 Å². The van der Waals surface area contributed by atoms with Gasteiger partial charge in [0.05, 0.1) is 9.40 Å². The van der Waals surface area contributed by atoms with Crippen LogP contribution in [0.1, 0.15) is 5.56 Å². The predicted molar refractivity (Wildman–Crippen MR) is 109 cm³/mol. The quantitative estimate of drug-likeness (QED) is 0.297. The van der Waals surface area contributed by atoms with E-state index in [9.17, 15) is 0 Å². The summed E-state index contributed by atoms with van der Waals surface area (Å²) >= 11 is 7.63. The Labute approximate surface area is 150 Å². The molecule has 5 aromatic rings. The fourth-order valence-corrected chi connectivity index (χ4v) is 7.89. The molecule has 0 nitrogen and oxygen atoms in total. The minimum absolute atomic E-state index is 1.32. The molecular weight excluding hydrogens is 356 g/mol. The second-order valence-corrected chi connectivity index (χ2v) is 9.61. The highest BCUT2D eigenvalue weighted by atomic mass is 32.1. The second kappa shape index (κ2) is 5.28. The van der Waals surface area contributed by atoms with Crippen molar-refractivity contribution in [3.05, 3.63) is 59.5 Å². The van der Waals surface area contributed by atoms with Crippen LogP contribution in [-0.4, -0.2) is 0 Å². The van der Waals surface area contributed by atoms with E-state index >= 15 is 0 Å². The lowest BCUT2D eigenvalue weighted by molar-refractivity contribution is 1.54. The Hall–Kier alpha value is -1.46. The van der Waals surface area contributed by atoms with Crippen molar-refractivity contribution in [2.45, 2.75) is 6.92 Å². The van der Waals surface area contributed by atoms with Crippen LogP contribution < -0.4 is 0 Å². The van der Waals surface area contributed by atoms with Crippen molar-refractivity contribution >= 4 is 64.1 Å². The largest absolute Gasteiger partial charge is 0.141 e. The van der Waals surface area contributed by atoms with E-state index in [4.69, 9.17) is 0 Å². The molecule has 4 aromatic heterocycles. The smallest absolute Gasteiger partial charge is 0.0636 e. The van der Waals surface area contributed by atoms with Crippen molar-refractivity contribution in [2.75, 3.05) is 0 Å². The van der Waals surface area contributed by atoms with Gasteiger partial charge < -0.3 is 0 Å². The normalized spacial score (nSPS) is 11.7. The first-order chi connectivity index (χ1) is 11.3.